The van der Waals surface area contributed by atoms with E-state index in [1.165, 1.54) is 12.1 Å². The first-order valence-corrected chi connectivity index (χ1v) is 7.04. The molecule has 0 aliphatic heterocycles. The first-order chi connectivity index (χ1) is 8.34. The Kier molecular flexibility index (Phi) is 2.95. The number of carbonyl (C=O) groups is 1. The standard InChI is InChI=1S/C12H14O5S/c1-8-2-4-9(5-3-8)18(16,17)10-6-12(10,7-13)11(14)15/h2-5,10,13H,6-7H2,1H3,(H,14,15). The number of sulfone groups is 1. The monoisotopic (exact) mass is 270 g/mol. The van der Waals surface area contributed by atoms with Gasteiger partial charge in [-0.3, -0.25) is 4.79 Å². The summed E-state index contributed by atoms with van der Waals surface area (Å²) in [4.78, 5) is 11.1. The second-order valence-corrected chi connectivity index (χ2v) is 6.80. The molecule has 0 bridgehead atoms. The van der Waals surface area contributed by atoms with Crippen LogP contribution in [0.1, 0.15) is 12.0 Å². The van der Waals surface area contributed by atoms with Crippen molar-refractivity contribution in [1.82, 2.24) is 0 Å². The van der Waals surface area contributed by atoms with Gasteiger partial charge in [0.15, 0.2) is 9.84 Å². The predicted octanol–water partition coefficient (Wildman–Crippen LogP) is 0.604. The van der Waals surface area contributed by atoms with Crippen molar-refractivity contribution < 1.29 is 23.4 Å². The summed E-state index contributed by atoms with van der Waals surface area (Å²) in [6.07, 6.45) is -0.0327. The minimum Gasteiger partial charge on any atom is -0.481 e. The van der Waals surface area contributed by atoms with Gasteiger partial charge in [0.05, 0.1) is 16.8 Å². The lowest BCUT2D eigenvalue weighted by Crippen LogP contribution is -2.27. The number of aryl methyl sites for hydroxylation is 1. The van der Waals surface area contributed by atoms with Crippen molar-refractivity contribution in [2.45, 2.75) is 23.5 Å². The summed E-state index contributed by atoms with van der Waals surface area (Å²) < 4.78 is 24.4. The highest BCUT2D eigenvalue weighted by Crippen LogP contribution is 2.52. The molecule has 2 unspecified atom stereocenters. The van der Waals surface area contributed by atoms with E-state index in [-0.39, 0.29) is 11.3 Å². The summed E-state index contributed by atoms with van der Waals surface area (Å²) in [7, 11) is -3.69. The number of carboxylic acids is 1. The number of aliphatic carboxylic acids is 1. The zero-order valence-corrected chi connectivity index (χ0v) is 10.6. The molecule has 1 saturated carbocycles. The fraction of sp³-hybridized carbons (Fsp3) is 0.417. The van der Waals surface area contributed by atoms with Crippen molar-refractivity contribution in [3.63, 3.8) is 0 Å². The first kappa shape index (κ1) is 13.0. The van der Waals surface area contributed by atoms with Gasteiger partial charge in [-0.05, 0) is 25.5 Å². The molecule has 1 fully saturated rings. The molecule has 0 amide bonds. The van der Waals surface area contributed by atoms with Gasteiger partial charge in [0, 0.05) is 0 Å². The number of rotatable bonds is 4. The topological polar surface area (TPSA) is 91.7 Å². The molecule has 18 heavy (non-hydrogen) atoms. The second kappa shape index (κ2) is 4.07. The maximum absolute atomic E-state index is 12.2. The Morgan fingerprint density at radius 2 is 1.94 bits per heavy atom. The Labute approximate surface area is 105 Å². The van der Waals surface area contributed by atoms with E-state index in [2.05, 4.69) is 0 Å². The van der Waals surface area contributed by atoms with Crippen molar-refractivity contribution in [2.75, 3.05) is 6.61 Å². The van der Waals surface area contributed by atoms with Crippen LogP contribution in [0.4, 0.5) is 0 Å². The molecule has 2 atom stereocenters. The second-order valence-electron chi connectivity index (χ2n) is 4.67. The largest absolute Gasteiger partial charge is 0.481 e. The van der Waals surface area contributed by atoms with Crippen LogP contribution in [0.25, 0.3) is 0 Å². The predicted molar refractivity (Wildman–Crippen MR) is 63.9 cm³/mol. The fourth-order valence-electron chi connectivity index (χ4n) is 2.03. The molecule has 0 radical (unpaired) electrons. The average Bonchev–Trinajstić information content (AvgIpc) is 3.06. The molecule has 0 aromatic heterocycles. The van der Waals surface area contributed by atoms with E-state index < -0.39 is 33.1 Å². The molecular weight excluding hydrogens is 256 g/mol. The molecular formula is C12H14O5S. The summed E-state index contributed by atoms with van der Waals surface area (Å²) in [5.74, 6) is -1.26. The Morgan fingerprint density at radius 1 is 1.39 bits per heavy atom. The number of aliphatic hydroxyl groups is 1. The van der Waals surface area contributed by atoms with Crippen LogP contribution in [-0.4, -0.2) is 36.5 Å². The van der Waals surface area contributed by atoms with Crippen LogP contribution in [0, 0.1) is 12.3 Å². The zero-order valence-electron chi connectivity index (χ0n) is 9.83. The molecule has 1 aromatic rings. The van der Waals surface area contributed by atoms with E-state index in [4.69, 9.17) is 10.2 Å². The quantitative estimate of drug-likeness (QED) is 0.836. The van der Waals surface area contributed by atoms with Gasteiger partial charge in [0.2, 0.25) is 0 Å². The van der Waals surface area contributed by atoms with E-state index in [1.54, 1.807) is 12.1 Å². The van der Waals surface area contributed by atoms with E-state index in [1.807, 2.05) is 6.92 Å². The van der Waals surface area contributed by atoms with Crippen LogP contribution < -0.4 is 0 Å². The maximum atomic E-state index is 12.2. The highest BCUT2D eigenvalue weighted by atomic mass is 32.2. The summed E-state index contributed by atoms with van der Waals surface area (Å²) in [6, 6.07) is 6.26. The van der Waals surface area contributed by atoms with Gasteiger partial charge in [-0.2, -0.15) is 0 Å². The molecule has 0 spiro atoms. The van der Waals surface area contributed by atoms with Crippen LogP contribution in [0.15, 0.2) is 29.2 Å². The van der Waals surface area contributed by atoms with Crippen LogP contribution in [0.2, 0.25) is 0 Å². The summed E-state index contributed by atoms with van der Waals surface area (Å²) in [5.41, 5.74) is -0.597. The summed E-state index contributed by atoms with van der Waals surface area (Å²) in [6.45, 7) is 1.18. The van der Waals surface area contributed by atoms with Gasteiger partial charge < -0.3 is 10.2 Å². The molecule has 1 aliphatic carbocycles. The molecule has 98 valence electrons. The van der Waals surface area contributed by atoms with Gasteiger partial charge >= 0.3 is 5.97 Å². The van der Waals surface area contributed by atoms with Crippen molar-refractivity contribution in [2.24, 2.45) is 5.41 Å². The van der Waals surface area contributed by atoms with Gasteiger partial charge in [-0.1, -0.05) is 17.7 Å². The third kappa shape index (κ3) is 1.81. The third-order valence-corrected chi connectivity index (χ3v) is 5.73. The Morgan fingerprint density at radius 3 is 2.33 bits per heavy atom. The number of carboxylic acid groups (broad SMARTS) is 1. The van der Waals surface area contributed by atoms with E-state index in [0.29, 0.717) is 0 Å². The van der Waals surface area contributed by atoms with E-state index >= 15 is 0 Å². The lowest BCUT2D eigenvalue weighted by Gasteiger charge is -2.09. The van der Waals surface area contributed by atoms with Gasteiger partial charge in [0.1, 0.15) is 5.41 Å². The number of hydrogen-bond donors (Lipinski definition) is 2. The number of aliphatic hydroxyl groups excluding tert-OH is 1. The zero-order chi connectivity index (χ0) is 13.6. The van der Waals surface area contributed by atoms with Crippen molar-refractivity contribution in [1.29, 1.82) is 0 Å². The van der Waals surface area contributed by atoms with Crippen molar-refractivity contribution in [3.8, 4) is 0 Å². The molecule has 2 N–H and O–H groups in total. The van der Waals surface area contributed by atoms with E-state index in [0.717, 1.165) is 5.56 Å². The average molecular weight is 270 g/mol. The van der Waals surface area contributed by atoms with Crippen molar-refractivity contribution >= 4 is 15.8 Å². The lowest BCUT2D eigenvalue weighted by atomic mass is 10.1. The van der Waals surface area contributed by atoms with Gasteiger partial charge in [-0.15, -0.1) is 0 Å². The number of hydrogen-bond acceptors (Lipinski definition) is 4. The van der Waals surface area contributed by atoms with Gasteiger partial charge in [0.25, 0.3) is 0 Å². The Balaban J connectivity index is 2.35. The Hall–Kier alpha value is -1.40. The first-order valence-electron chi connectivity index (χ1n) is 5.49. The van der Waals surface area contributed by atoms with Crippen LogP contribution in [-0.2, 0) is 14.6 Å². The molecule has 6 heteroatoms. The molecule has 0 heterocycles. The van der Waals surface area contributed by atoms with Crippen LogP contribution in [0.3, 0.4) is 0 Å². The minimum absolute atomic E-state index is 0.0327. The highest BCUT2D eigenvalue weighted by Gasteiger charge is 2.66. The molecule has 5 nitrogen and oxygen atoms in total. The molecule has 1 aliphatic rings. The van der Waals surface area contributed by atoms with Crippen LogP contribution >= 0.6 is 0 Å². The highest BCUT2D eigenvalue weighted by molar-refractivity contribution is 7.92. The SMILES string of the molecule is Cc1ccc(S(=O)(=O)C2CC2(CO)C(=O)O)cc1. The molecule has 0 saturated heterocycles. The smallest absolute Gasteiger partial charge is 0.313 e. The van der Waals surface area contributed by atoms with Crippen LogP contribution in [0.5, 0.6) is 0 Å². The van der Waals surface area contributed by atoms with Gasteiger partial charge in [-0.25, -0.2) is 8.42 Å². The Bertz CT molecular complexity index is 575. The maximum Gasteiger partial charge on any atom is 0.313 e. The number of benzene rings is 1. The molecule has 1 aromatic carbocycles. The summed E-state index contributed by atoms with van der Waals surface area (Å²) >= 11 is 0. The fourth-order valence-corrected chi connectivity index (χ4v) is 4.16. The third-order valence-electron chi connectivity index (χ3n) is 3.44. The molecule has 2 rings (SSSR count). The van der Waals surface area contributed by atoms with E-state index in [9.17, 15) is 13.2 Å². The minimum atomic E-state index is -3.69. The van der Waals surface area contributed by atoms with Crippen molar-refractivity contribution in [3.05, 3.63) is 29.8 Å². The summed E-state index contributed by atoms with van der Waals surface area (Å²) in [5, 5.41) is 17.1. The normalized spacial score (nSPS) is 26.9. The lowest BCUT2D eigenvalue weighted by molar-refractivity contribution is -0.144.